The minimum absolute atomic E-state index is 0.0590. The van der Waals surface area contributed by atoms with Crippen molar-refractivity contribution < 1.29 is 14.5 Å². The Morgan fingerprint density at radius 3 is 1.20 bits per heavy atom. The molecule has 0 aromatic heterocycles. The Kier molecular flexibility index (Phi) is 2.09. The second-order valence-corrected chi connectivity index (χ2v) is 6.77. The molecule has 0 N–H and O–H groups in total. The zero-order chi connectivity index (χ0) is 11.5. The molecule has 0 aliphatic carbocycles. The number of hydrogen-bond donors (Lipinski definition) is 0. The molecule has 0 amide bonds. The second kappa shape index (κ2) is 2.76. The summed E-state index contributed by atoms with van der Waals surface area (Å²) >= 11 is 0. The maximum absolute atomic E-state index is 6.13. The normalized spacial score (nSPS) is 41.2. The van der Waals surface area contributed by atoms with Crippen molar-refractivity contribution in [2.45, 2.75) is 66.0 Å². The minimum Gasteiger partial charge on any atom is -0.311 e. The van der Waals surface area contributed by atoms with Crippen LogP contribution < -0.4 is 0 Å². The van der Waals surface area contributed by atoms with Gasteiger partial charge in [0.1, 0.15) is 0 Å². The first kappa shape index (κ1) is 11.4. The van der Waals surface area contributed by atoms with Gasteiger partial charge in [-0.05, 0) is 0 Å². The fourth-order valence-electron chi connectivity index (χ4n) is 2.26. The molecular formula is C12H22O3. The molecule has 0 aromatic rings. The first-order valence-corrected chi connectivity index (χ1v) is 5.69. The molecule has 0 saturated carbocycles. The summed E-state index contributed by atoms with van der Waals surface area (Å²) in [5.74, 6) is -1.11. The molecule has 0 aromatic carbocycles. The number of rotatable bonds is 0. The van der Waals surface area contributed by atoms with Crippen LogP contribution in [-0.2, 0) is 14.5 Å². The highest BCUT2D eigenvalue weighted by Crippen LogP contribution is 2.59. The van der Waals surface area contributed by atoms with Crippen LogP contribution in [0.1, 0.15) is 54.4 Å². The van der Waals surface area contributed by atoms with Crippen LogP contribution >= 0.6 is 0 Å². The van der Waals surface area contributed by atoms with E-state index in [1.807, 2.05) is 0 Å². The van der Waals surface area contributed by atoms with Crippen LogP contribution in [0.4, 0.5) is 0 Å². The lowest BCUT2D eigenvalue weighted by Crippen LogP contribution is -2.42. The summed E-state index contributed by atoms with van der Waals surface area (Å²) < 4.78 is 6.13. The van der Waals surface area contributed by atoms with Crippen LogP contribution in [0.15, 0.2) is 0 Å². The van der Waals surface area contributed by atoms with E-state index >= 15 is 0 Å². The molecule has 2 aliphatic rings. The van der Waals surface area contributed by atoms with Crippen LogP contribution in [0.25, 0.3) is 0 Å². The predicted octanol–water partition coefficient (Wildman–Crippen LogP) is 3.24. The average Bonchev–Trinajstić information content (AvgIpc) is 2.57. The van der Waals surface area contributed by atoms with Gasteiger partial charge in [0.05, 0.1) is 0 Å². The van der Waals surface area contributed by atoms with Gasteiger partial charge in [-0.15, -0.1) is 0 Å². The molecule has 2 bridgehead atoms. The van der Waals surface area contributed by atoms with Crippen LogP contribution in [0.2, 0.25) is 0 Å². The monoisotopic (exact) mass is 214 g/mol. The molecule has 15 heavy (non-hydrogen) atoms. The topological polar surface area (TPSA) is 27.7 Å². The van der Waals surface area contributed by atoms with E-state index in [9.17, 15) is 0 Å². The summed E-state index contributed by atoms with van der Waals surface area (Å²) in [6, 6.07) is 0. The molecule has 88 valence electrons. The van der Waals surface area contributed by atoms with Gasteiger partial charge in [-0.25, -0.2) is 0 Å². The fraction of sp³-hybridized carbons (Fsp3) is 1.00. The second-order valence-electron chi connectivity index (χ2n) is 6.77. The Morgan fingerprint density at radius 2 is 1.07 bits per heavy atom. The van der Waals surface area contributed by atoms with Crippen molar-refractivity contribution in [2.24, 2.45) is 10.8 Å². The van der Waals surface area contributed by atoms with E-state index in [4.69, 9.17) is 14.5 Å². The molecule has 2 aliphatic heterocycles. The highest BCUT2D eigenvalue weighted by molar-refractivity contribution is 5.00. The SMILES string of the molecule is CC(C)(C)C12CCC(C(C)(C)C)(OO1)O2. The lowest BCUT2D eigenvalue weighted by molar-refractivity contribution is -0.401. The Morgan fingerprint density at radius 1 is 0.733 bits per heavy atom. The standard InChI is InChI=1S/C12H22O3/c1-9(2,3)11-7-8-12(13-11,15-14-11)10(4,5)6/h7-8H2,1-6H3. The molecule has 2 atom stereocenters. The summed E-state index contributed by atoms with van der Waals surface area (Å²) in [7, 11) is 0. The van der Waals surface area contributed by atoms with Crippen LogP contribution in [0.5, 0.6) is 0 Å². The number of ether oxygens (including phenoxy) is 1. The zero-order valence-electron chi connectivity index (χ0n) is 10.6. The van der Waals surface area contributed by atoms with Gasteiger partial charge >= 0.3 is 0 Å². The first-order valence-electron chi connectivity index (χ1n) is 5.69. The zero-order valence-corrected chi connectivity index (χ0v) is 10.6. The molecule has 2 saturated heterocycles. The van der Waals surface area contributed by atoms with E-state index in [-0.39, 0.29) is 10.8 Å². The van der Waals surface area contributed by atoms with Crippen molar-refractivity contribution in [3.05, 3.63) is 0 Å². The molecule has 3 nitrogen and oxygen atoms in total. The van der Waals surface area contributed by atoms with Gasteiger partial charge in [-0.2, -0.15) is 9.78 Å². The molecular weight excluding hydrogens is 192 g/mol. The van der Waals surface area contributed by atoms with E-state index in [0.29, 0.717) is 0 Å². The van der Waals surface area contributed by atoms with Crippen LogP contribution in [0, 0.1) is 10.8 Å². The van der Waals surface area contributed by atoms with Crippen molar-refractivity contribution in [1.29, 1.82) is 0 Å². The Hall–Kier alpha value is -0.120. The lowest BCUT2D eigenvalue weighted by atomic mass is 9.81. The molecule has 0 spiro atoms. The van der Waals surface area contributed by atoms with E-state index in [2.05, 4.69) is 41.5 Å². The Bertz CT molecular complexity index is 234. The van der Waals surface area contributed by atoms with Crippen molar-refractivity contribution in [3.63, 3.8) is 0 Å². The highest BCUT2D eigenvalue weighted by Gasteiger charge is 2.68. The highest BCUT2D eigenvalue weighted by atomic mass is 17.3. The predicted molar refractivity (Wildman–Crippen MR) is 56.9 cm³/mol. The quantitative estimate of drug-likeness (QED) is 0.579. The Labute approximate surface area is 92.0 Å². The van der Waals surface area contributed by atoms with Gasteiger partial charge in [0, 0.05) is 23.7 Å². The smallest absolute Gasteiger partial charge is 0.209 e. The largest absolute Gasteiger partial charge is 0.311 e. The van der Waals surface area contributed by atoms with Gasteiger partial charge < -0.3 is 4.74 Å². The van der Waals surface area contributed by atoms with E-state index in [1.54, 1.807) is 0 Å². The summed E-state index contributed by atoms with van der Waals surface area (Å²) in [4.78, 5) is 11.0. The summed E-state index contributed by atoms with van der Waals surface area (Å²) in [6.45, 7) is 12.8. The maximum Gasteiger partial charge on any atom is 0.209 e. The van der Waals surface area contributed by atoms with Crippen molar-refractivity contribution >= 4 is 0 Å². The maximum atomic E-state index is 6.13. The van der Waals surface area contributed by atoms with E-state index in [1.165, 1.54) is 0 Å². The molecule has 2 unspecified atom stereocenters. The first-order chi connectivity index (χ1) is 6.62. The third-order valence-electron chi connectivity index (χ3n) is 3.71. The minimum atomic E-state index is -0.555. The summed E-state index contributed by atoms with van der Waals surface area (Å²) in [6.07, 6.45) is 1.82. The van der Waals surface area contributed by atoms with E-state index in [0.717, 1.165) is 12.8 Å². The molecule has 3 heteroatoms. The van der Waals surface area contributed by atoms with Gasteiger partial charge in [-0.3, -0.25) is 0 Å². The summed E-state index contributed by atoms with van der Waals surface area (Å²) in [5, 5.41) is 0. The fourth-order valence-corrected chi connectivity index (χ4v) is 2.26. The van der Waals surface area contributed by atoms with E-state index < -0.39 is 11.6 Å². The van der Waals surface area contributed by atoms with Gasteiger partial charge in [0.15, 0.2) is 0 Å². The van der Waals surface area contributed by atoms with Gasteiger partial charge in [0.25, 0.3) is 0 Å². The lowest BCUT2D eigenvalue weighted by Gasteiger charge is -2.34. The molecule has 2 rings (SSSR count). The number of fused-ring (bicyclic) bond motifs is 2. The average molecular weight is 214 g/mol. The van der Waals surface area contributed by atoms with Gasteiger partial charge in [0.2, 0.25) is 11.6 Å². The van der Waals surface area contributed by atoms with Gasteiger partial charge in [-0.1, -0.05) is 41.5 Å². The third-order valence-corrected chi connectivity index (χ3v) is 3.71. The Balaban J connectivity index is 2.29. The molecule has 0 radical (unpaired) electrons. The number of hydrogen-bond acceptors (Lipinski definition) is 3. The van der Waals surface area contributed by atoms with Crippen molar-refractivity contribution in [2.75, 3.05) is 0 Å². The van der Waals surface area contributed by atoms with Crippen molar-refractivity contribution in [1.82, 2.24) is 0 Å². The van der Waals surface area contributed by atoms with Crippen LogP contribution in [0.3, 0.4) is 0 Å². The molecule has 2 fully saturated rings. The third kappa shape index (κ3) is 1.37. The summed E-state index contributed by atoms with van der Waals surface area (Å²) in [5.41, 5.74) is -0.118. The van der Waals surface area contributed by atoms with Crippen molar-refractivity contribution in [3.8, 4) is 0 Å². The van der Waals surface area contributed by atoms with Crippen LogP contribution in [-0.4, -0.2) is 11.6 Å². The molecule has 2 heterocycles.